The molecule has 0 saturated heterocycles. The molecule has 0 fully saturated rings. The lowest BCUT2D eigenvalue weighted by Gasteiger charge is -2.02. The zero-order valence-corrected chi connectivity index (χ0v) is 15.4. The normalized spacial score (nSPS) is 11.9. The number of thiophene rings is 1. The Morgan fingerprint density at radius 1 is 1.12 bits per heavy atom. The van der Waals surface area contributed by atoms with Gasteiger partial charge in [0.15, 0.2) is 5.00 Å². The van der Waals surface area contributed by atoms with E-state index in [0.717, 1.165) is 25.6 Å². The van der Waals surface area contributed by atoms with Gasteiger partial charge < -0.3 is 19.3 Å². The number of aliphatic hydroxyl groups excluding tert-OH is 1. The Morgan fingerprint density at radius 2 is 1.72 bits per heavy atom. The highest BCUT2D eigenvalue weighted by Gasteiger charge is 2.26. The minimum atomic E-state index is -0.969. The molecule has 0 amide bonds. The molecule has 0 radical (unpaired) electrons. The Morgan fingerprint density at radius 3 is 2.20 bits per heavy atom. The summed E-state index contributed by atoms with van der Waals surface area (Å²) in [6, 6.07) is 0. The fourth-order valence-electron chi connectivity index (χ4n) is 1.67. The highest BCUT2D eigenvalue weighted by Crippen LogP contribution is 2.37. The molecule has 0 bridgehead atoms. The monoisotopic (exact) mass is 390 g/mol. The summed E-state index contributed by atoms with van der Waals surface area (Å²) in [5.41, 5.74) is -0.243. The van der Waals surface area contributed by atoms with Crippen LogP contribution in [-0.2, 0) is 19.0 Å². The number of allylic oxidation sites excluding steroid dienone is 1. The van der Waals surface area contributed by atoms with Gasteiger partial charge in [0, 0.05) is 0 Å². The molecule has 1 heterocycles. The van der Waals surface area contributed by atoms with Crippen molar-refractivity contribution in [2.45, 2.75) is 6.92 Å². The lowest BCUT2D eigenvalue weighted by Crippen LogP contribution is -2.07. The molecule has 1 N–H and O–H groups in total. The summed E-state index contributed by atoms with van der Waals surface area (Å²) in [6.45, 7) is 1.52. The van der Waals surface area contributed by atoms with Crippen molar-refractivity contribution in [1.82, 2.24) is 0 Å². The summed E-state index contributed by atoms with van der Waals surface area (Å²) in [4.78, 5) is 35.5. The summed E-state index contributed by atoms with van der Waals surface area (Å²) in [6.07, 6.45) is 0. The van der Waals surface area contributed by atoms with Crippen molar-refractivity contribution in [2.75, 3.05) is 27.2 Å². The molecular weight excluding hydrogens is 376 g/mol. The number of hydrogen-bond acceptors (Lipinski definition) is 10. The van der Waals surface area contributed by atoms with Gasteiger partial charge in [0.05, 0.1) is 27.2 Å². The molecule has 0 aromatic carbocycles. The first kappa shape index (κ1) is 20.6. The summed E-state index contributed by atoms with van der Waals surface area (Å²) < 4.78 is 13.8. The van der Waals surface area contributed by atoms with Crippen molar-refractivity contribution >= 4 is 45.8 Å². The van der Waals surface area contributed by atoms with Gasteiger partial charge in [-0.1, -0.05) is 0 Å². The third kappa shape index (κ3) is 4.54. The van der Waals surface area contributed by atoms with E-state index in [1.807, 2.05) is 0 Å². The van der Waals surface area contributed by atoms with Crippen molar-refractivity contribution in [3.05, 3.63) is 27.5 Å². The van der Waals surface area contributed by atoms with E-state index in [-0.39, 0.29) is 15.4 Å². The maximum Gasteiger partial charge on any atom is 0.362 e. The number of alkyl halides is 1. The molecular formula is C14H15ClN2O7S. The largest absolute Gasteiger partial charge is 0.508 e. The van der Waals surface area contributed by atoms with Gasteiger partial charge >= 0.3 is 17.9 Å². The van der Waals surface area contributed by atoms with E-state index < -0.39 is 35.2 Å². The molecule has 9 nitrogen and oxygen atoms in total. The van der Waals surface area contributed by atoms with E-state index in [4.69, 9.17) is 11.6 Å². The first-order valence-corrected chi connectivity index (χ1v) is 7.95. The first-order valence-electron chi connectivity index (χ1n) is 6.60. The van der Waals surface area contributed by atoms with E-state index in [1.54, 1.807) is 0 Å². The van der Waals surface area contributed by atoms with Crippen LogP contribution in [0.2, 0.25) is 0 Å². The summed E-state index contributed by atoms with van der Waals surface area (Å²) in [5.74, 6) is -3.34. The first-order chi connectivity index (χ1) is 11.8. The van der Waals surface area contributed by atoms with Crippen LogP contribution >= 0.6 is 22.9 Å². The predicted molar refractivity (Wildman–Crippen MR) is 88.6 cm³/mol. The van der Waals surface area contributed by atoms with E-state index in [2.05, 4.69) is 24.4 Å². The molecule has 0 aliphatic rings. The van der Waals surface area contributed by atoms with Crippen LogP contribution in [0.25, 0.3) is 0 Å². The van der Waals surface area contributed by atoms with E-state index in [0.29, 0.717) is 5.56 Å². The molecule has 0 aliphatic carbocycles. The van der Waals surface area contributed by atoms with Crippen LogP contribution in [0.1, 0.15) is 25.6 Å². The van der Waals surface area contributed by atoms with Gasteiger partial charge in [-0.15, -0.1) is 33.2 Å². The fourth-order valence-corrected chi connectivity index (χ4v) is 2.83. The highest BCUT2D eigenvalue weighted by atomic mass is 35.5. The Balaban J connectivity index is 3.48. The van der Waals surface area contributed by atoms with Crippen LogP contribution in [0, 0.1) is 6.92 Å². The van der Waals surface area contributed by atoms with Crippen LogP contribution in [0.15, 0.2) is 21.7 Å². The number of carbonyl (C=O) groups excluding carboxylic acids is 3. The number of hydrogen-bond donors (Lipinski definition) is 1. The third-order valence-corrected chi connectivity index (χ3v) is 4.32. The molecule has 25 heavy (non-hydrogen) atoms. The summed E-state index contributed by atoms with van der Waals surface area (Å²) in [7, 11) is 3.44. The SMILES string of the molecule is COC(=O)C(N=Nc1sc(C(=O)OC)c(C)c1C(=O)OC)=C(O)CCl. The van der Waals surface area contributed by atoms with Crippen LogP contribution < -0.4 is 0 Å². The molecule has 1 aromatic rings. The van der Waals surface area contributed by atoms with Crippen LogP contribution in [0.4, 0.5) is 5.00 Å². The Labute approximate surface area is 151 Å². The summed E-state index contributed by atoms with van der Waals surface area (Å²) >= 11 is 6.29. The molecule has 11 heteroatoms. The van der Waals surface area contributed by atoms with Gasteiger partial charge in [0.25, 0.3) is 0 Å². The maximum atomic E-state index is 12.0. The van der Waals surface area contributed by atoms with Crippen LogP contribution in [-0.4, -0.2) is 50.2 Å². The second kappa shape index (κ2) is 9.14. The molecule has 1 aromatic heterocycles. The number of carbonyl (C=O) groups is 3. The van der Waals surface area contributed by atoms with Crippen molar-refractivity contribution in [1.29, 1.82) is 0 Å². The minimum absolute atomic E-state index is 0.00599. The zero-order chi connectivity index (χ0) is 19.1. The van der Waals surface area contributed by atoms with Crippen molar-refractivity contribution in [2.24, 2.45) is 10.2 Å². The minimum Gasteiger partial charge on any atom is -0.508 e. The number of esters is 3. The average Bonchev–Trinajstić information content (AvgIpc) is 2.96. The van der Waals surface area contributed by atoms with Crippen molar-refractivity contribution in [3.63, 3.8) is 0 Å². The van der Waals surface area contributed by atoms with Gasteiger partial charge in [-0.25, -0.2) is 14.4 Å². The molecule has 0 saturated carbocycles. The summed E-state index contributed by atoms with van der Waals surface area (Å²) in [5, 5.41) is 17.0. The van der Waals surface area contributed by atoms with Crippen LogP contribution in [0.3, 0.4) is 0 Å². The Hall–Kier alpha value is -2.46. The molecule has 136 valence electrons. The zero-order valence-electron chi connectivity index (χ0n) is 13.8. The number of rotatable bonds is 6. The molecule has 0 atom stereocenters. The van der Waals surface area contributed by atoms with E-state index in [1.165, 1.54) is 14.0 Å². The lowest BCUT2D eigenvalue weighted by atomic mass is 10.1. The second-order valence-corrected chi connectivity index (χ2v) is 5.61. The third-order valence-electron chi connectivity index (χ3n) is 2.91. The fraction of sp³-hybridized carbons (Fsp3) is 0.357. The smallest absolute Gasteiger partial charge is 0.362 e. The van der Waals surface area contributed by atoms with E-state index in [9.17, 15) is 19.5 Å². The second-order valence-electron chi connectivity index (χ2n) is 4.34. The number of methoxy groups -OCH3 is 3. The Bertz CT molecular complexity index is 755. The molecule has 0 unspecified atom stereocenters. The van der Waals surface area contributed by atoms with Gasteiger partial charge in [-0.2, -0.15) is 0 Å². The lowest BCUT2D eigenvalue weighted by molar-refractivity contribution is -0.136. The van der Waals surface area contributed by atoms with Crippen LogP contribution in [0.5, 0.6) is 0 Å². The highest BCUT2D eigenvalue weighted by molar-refractivity contribution is 7.18. The topological polar surface area (TPSA) is 124 Å². The maximum absolute atomic E-state index is 12.0. The Kier molecular flexibility index (Phi) is 7.52. The standard InChI is InChI=1S/C14H15ClN2O7S/c1-6-8(12(19)22-2)11(25-10(6)14(21)24-4)17-16-9(7(18)5-15)13(20)23-3/h18H,5H2,1-4H3. The van der Waals surface area contributed by atoms with E-state index >= 15 is 0 Å². The predicted octanol–water partition coefficient (Wildman–Crippen LogP) is 2.89. The van der Waals surface area contributed by atoms with Crippen molar-refractivity contribution in [3.8, 4) is 0 Å². The molecule has 1 rings (SSSR count). The van der Waals surface area contributed by atoms with Gasteiger partial charge in [-0.05, 0) is 12.5 Å². The number of halogens is 1. The van der Waals surface area contributed by atoms with Gasteiger partial charge in [-0.3, -0.25) is 0 Å². The van der Waals surface area contributed by atoms with Gasteiger partial charge in [0.1, 0.15) is 16.2 Å². The van der Waals surface area contributed by atoms with Gasteiger partial charge in [0.2, 0.25) is 5.70 Å². The number of azo groups is 1. The number of nitrogens with zero attached hydrogens (tertiary/aromatic N) is 2. The number of ether oxygens (including phenoxy) is 3. The molecule has 0 spiro atoms. The van der Waals surface area contributed by atoms with Crippen molar-refractivity contribution < 1.29 is 33.7 Å². The number of aliphatic hydroxyl groups is 1. The average molecular weight is 391 g/mol. The molecule has 0 aliphatic heterocycles. The quantitative estimate of drug-likeness (QED) is 0.198.